The summed E-state index contributed by atoms with van der Waals surface area (Å²) in [5, 5.41) is 2.93. The zero-order chi connectivity index (χ0) is 14.4. The zero-order valence-electron chi connectivity index (χ0n) is 11.8. The van der Waals surface area contributed by atoms with Crippen LogP contribution in [0.15, 0.2) is 30.3 Å². The highest BCUT2D eigenvalue weighted by molar-refractivity contribution is 5.84. The van der Waals surface area contributed by atoms with Gasteiger partial charge in [-0.15, -0.1) is 0 Å². The van der Waals surface area contributed by atoms with Gasteiger partial charge in [0.05, 0.1) is 6.42 Å². The Kier molecular flexibility index (Phi) is 5.16. The van der Waals surface area contributed by atoms with Crippen LogP contribution in [0.1, 0.15) is 38.2 Å². The monoisotopic (exact) mass is 275 g/mol. The van der Waals surface area contributed by atoms with Gasteiger partial charge in [0.1, 0.15) is 0 Å². The number of carbonyl (C=O) groups is 2. The number of esters is 1. The average molecular weight is 275 g/mol. The fraction of sp³-hybridized carbons (Fsp3) is 0.500. The van der Waals surface area contributed by atoms with Crippen LogP contribution >= 0.6 is 0 Å². The Morgan fingerprint density at radius 2 is 1.90 bits per heavy atom. The first-order valence-corrected chi connectivity index (χ1v) is 7.19. The van der Waals surface area contributed by atoms with E-state index in [9.17, 15) is 9.59 Å². The Labute approximate surface area is 119 Å². The average Bonchev–Trinajstić information content (AvgIpc) is 2.92. The summed E-state index contributed by atoms with van der Waals surface area (Å²) in [5.74, 6) is -0.566. The fourth-order valence-corrected chi connectivity index (χ4v) is 2.44. The van der Waals surface area contributed by atoms with Crippen molar-refractivity contribution in [1.29, 1.82) is 0 Å². The topological polar surface area (TPSA) is 55.4 Å². The molecule has 1 aliphatic carbocycles. The molecule has 1 aromatic carbocycles. The van der Waals surface area contributed by atoms with Crippen LogP contribution in [0.2, 0.25) is 0 Å². The number of amides is 1. The van der Waals surface area contributed by atoms with E-state index in [0.29, 0.717) is 0 Å². The molecule has 0 radical (unpaired) electrons. The SMILES string of the molecule is C[C@H](OC(=O)Cc1ccccc1)C(=O)NC1CCCC1. The Hall–Kier alpha value is -1.84. The summed E-state index contributed by atoms with van der Waals surface area (Å²) in [4.78, 5) is 23.7. The van der Waals surface area contributed by atoms with Gasteiger partial charge >= 0.3 is 5.97 Å². The molecule has 1 amide bonds. The van der Waals surface area contributed by atoms with E-state index >= 15 is 0 Å². The van der Waals surface area contributed by atoms with Crippen LogP contribution in [0.5, 0.6) is 0 Å². The molecule has 1 fully saturated rings. The van der Waals surface area contributed by atoms with E-state index in [1.165, 1.54) is 0 Å². The molecule has 0 aliphatic heterocycles. The Bertz CT molecular complexity index is 452. The van der Waals surface area contributed by atoms with Crippen molar-refractivity contribution in [1.82, 2.24) is 5.32 Å². The number of hydrogen-bond donors (Lipinski definition) is 1. The molecule has 0 unspecified atom stereocenters. The van der Waals surface area contributed by atoms with E-state index in [-0.39, 0.29) is 24.3 Å². The normalized spacial score (nSPS) is 16.6. The van der Waals surface area contributed by atoms with Crippen LogP contribution in [0, 0.1) is 0 Å². The Balaban J connectivity index is 1.76. The van der Waals surface area contributed by atoms with Gasteiger partial charge in [0.25, 0.3) is 5.91 Å². The molecule has 2 rings (SSSR count). The summed E-state index contributed by atoms with van der Waals surface area (Å²) >= 11 is 0. The summed E-state index contributed by atoms with van der Waals surface area (Å²) in [5.41, 5.74) is 0.890. The second kappa shape index (κ2) is 7.08. The minimum absolute atomic E-state index is 0.196. The number of benzene rings is 1. The zero-order valence-corrected chi connectivity index (χ0v) is 11.8. The largest absolute Gasteiger partial charge is 0.452 e. The third kappa shape index (κ3) is 4.37. The number of nitrogens with one attached hydrogen (secondary N) is 1. The standard InChI is InChI=1S/C16H21NO3/c1-12(16(19)17-14-9-5-6-10-14)20-15(18)11-13-7-3-2-4-8-13/h2-4,7-8,12,14H,5-6,9-11H2,1H3,(H,17,19)/t12-/m0/s1. The van der Waals surface area contributed by atoms with Crippen molar-refractivity contribution in [3.8, 4) is 0 Å². The molecule has 108 valence electrons. The van der Waals surface area contributed by atoms with Crippen molar-refractivity contribution >= 4 is 11.9 Å². The molecule has 1 saturated carbocycles. The second-order valence-electron chi connectivity index (χ2n) is 5.28. The molecule has 1 atom stereocenters. The third-order valence-corrected chi connectivity index (χ3v) is 3.57. The molecule has 0 aromatic heterocycles. The lowest BCUT2D eigenvalue weighted by Crippen LogP contribution is -2.41. The number of carbonyl (C=O) groups excluding carboxylic acids is 2. The van der Waals surface area contributed by atoms with Gasteiger partial charge in [-0.25, -0.2) is 0 Å². The number of ether oxygens (including phenoxy) is 1. The summed E-state index contributed by atoms with van der Waals surface area (Å²) in [6, 6.07) is 9.62. The highest BCUT2D eigenvalue weighted by Crippen LogP contribution is 2.17. The summed E-state index contributed by atoms with van der Waals surface area (Å²) in [7, 11) is 0. The van der Waals surface area contributed by atoms with E-state index in [2.05, 4.69) is 5.32 Å². The van der Waals surface area contributed by atoms with Crippen molar-refractivity contribution in [3.63, 3.8) is 0 Å². The second-order valence-corrected chi connectivity index (χ2v) is 5.28. The number of hydrogen-bond acceptors (Lipinski definition) is 3. The van der Waals surface area contributed by atoms with Gasteiger partial charge in [0.2, 0.25) is 0 Å². The quantitative estimate of drug-likeness (QED) is 0.838. The first-order valence-electron chi connectivity index (χ1n) is 7.19. The maximum absolute atomic E-state index is 11.9. The first kappa shape index (κ1) is 14.6. The maximum Gasteiger partial charge on any atom is 0.311 e. The summed E-state index contributed by atoms with van der Waals surface area (Å²) < 4.78 is 5.18. The van der Waals surface area contributed by atoms with E-state index in [1.54, 1.807) is 6.92 Å². The minimum atomic E-state index is -0.730. The van der Waals surface area contributed by atoms with Gasteiger partial charge in [-0.1, -0.05) is 43.2 Å². The molecular weight excluding hydrogens is 254 g/mol. The van der Waals surface area contributed by atoms with Crippen LogP contribution in [-0.2, 0) is 20.7 Å². The lowest BCUT2D eigenvalue weighted by molar-refractivity contribution is -0.154. The lowest BCUT2D eigenvalue weighted by Gasteiger charge is -2.17. The van der Waals surface area contributed by atoms with Crippen LogP contribution in [0.4, 0.5) is 0 Å². The summed E-state index contributed by atoms with van der Waals surface area (Å²) in [6.07, 6.45) is 3.83. The van der Waals surface area contributed by atoms with Crippen molar-refractivity contribution in [3.05, 3.63) is 35.9 Å². The molecule has 0 bridgehead atoms. The van der Waals surface area contributed by atoms with Crippen molar-refractivity contribution < 1.29 is 14.3 Å². The molecule has 20 heavy (non-hydrogen) atoms. The third-order valence-electron chi connectivity index (χ3n) is 3.57. The Morgan fingerprint density at radius 1 is 1.25 bits per heavy atom. The molecule has 0 saturated heterocycles. The Morgan fingerprint density at radius 3 is 2.55 bits per heavy atom. The van der Waals surface area contributed by atoms with Crippen LogP contribution in [0.3, 0.4) is 0 Å². The van der Waals surface area contributed by atoms with Gasteiger partial charge < -0.3 is 10.1 Å². The van der Waals surface area contributed by atoms with Gasteiger partial charge in [0.15, 0.2) is 6.10 Å². The fourth-order valence-electron chi connectivity index (χ4n) is 2.44. The first-order chi connectivity index (χ1) is 9.65. The minimum Gasteiger partial charge on any atom is -0.452 e. The lowest BCUT2D eigenvalue weighted by atomic mass is 10.1. The molecular formula is C16H21NO3. The van der Waals surface area contributed by atoms with E-state index in [4.69, 9.17) is 4.74 Å². The van der Waals surface area contributed by atoms with E-state index in [0.717, 1.165) is 31.2 Å². The molecule has 1 N–H and O–H groups in total. The predicted octanol–water partition coefficient (Wildman–Crippen LogP) is 2.22. The smallest absolute Gasteiger partial charge is 0.311 e. The van der Waals surface area contributed by atoms with Gasteiger partial charge in [-0.3, -0.25) is 9.59 Å². The van der Waals surface area contributed by atoms with Crippen molar-refractivity contribution in [2.75, 3.05) is 0 Å². The molecule has 0 heterocycles. The predicted molar refractivity (Wildman–Crippen MR) is 76.1 cm³/mol. The van der Waals surface area contributed by atoms with E-state index in [1.807, 2.05) is 30.3 Å². The van der Waals surface area contributed by atoms with E-state index < -0.39 is 6.10 Å². The summed E-state index contributed by atoms with van der Waals surface area (Å²) in [6.45, 7) is 1.62. The molecule has 0 spiro atoms. The highest BCUT2D eigenvalue weighted by Gasteiger charge is 2.22. The van der Waals surface area contributed by atoms with Crippen LogP contribution in [-0.4, -0.2) is 24.0 Å². The van der Waals surface area contributed by atoms with Gasteiger partial charge in [-0.2, -0.15) is 0 Å². The van der Waals surface area contributed by atoms with Crippen molar-refractivity contribution in [2.45, 2.75) is 51.2 Å². The molecule has 1 aromatic rings. The molecule has 1 aliphatic rings. The molecule has 4 heteroatoms. The van der Waals surface area contributed by atoms with Gasteiger partial charge in [0, 0.05) is 6.04 Å². The van der Waals surface area contributed by atoms with Crippen LogP contribution in [0.25, 0.3) is 0 Å². The van der Waals surface area contributed by atoms with Crippen LogP contribution < -0.4 is 5.32 Å². The highest BCUT2D eigenvalue weighted by atomic mass is 16.5. The van der Waals surface area contributed by atoms with Gasteiger partial charge in [-0.05, 0) is 25.3 Å². The maximum atomic E-state index is 11.9. The number of rotatable bonds is 5. The van der Waals surface area contributed by atoms with Crippen molar-refractivity contribution in [2.24, 2.45) is 0 Å². The molecule has 4 nitrogen and oxygen atoms in total.